The number of rotatable bonds is 6. The van der Waals surface area contributed by atoms with Gasteiger partial charge in [0.25, 0.3) is 0 Å². The molecule has 0 bridgehead atoms. The topological polar surface area (TPSA) is 46.3 Å². The zero-order valence-corrected chi connectivity index (χ0v) is 14.7. The van der Waals surface area contributed by atoms with Gasteiger partial charge in [-0.05, 0) is 37.3 Å². The number of halogens is 2. The Bertz CT molecular complexity index is 481. The van der Waals surface area contributed by atoms with Crippen molar-refractivity contribution in [1.82, 2.24) is 4.90 Å². The molecule has 0 radical (unpaired) electrons. The number of nitrogens with zero attached hydrogens (tertiary/aromatic N) is 1. The summed E-state index contributed by atoms with van der Waals surface area (Å²) in [6, 6.07) is 7.95. The van der Waals surface area contributed by atoms with Crippen LogP contribution in [0.2, 0.25) is 5.02 Å². The second-order valence-corrected chi connectivity index (χ2v) is 6.38. The highest BCUT2D eigenvalue weighted by Gasteiger charge is 2.31. The van der Waals surface area contributed by atoms with Gasteiger partial charge >= 0.3 is 0 Å². The molecule has 0 heterocycles. The first kappa shape index (κ1) is 19.3. The van der Waals surface area contributed by atoms with Crippen LogP contribution in [-0.2, 0) is 11.3 Å². The van der Waals surface area contributed by atoms with Crippen LogP contribution in [-0.4, -0.2) is 23.4 Å². The monoisotopic (exact) mass is 344 g/mol. The SMILES string of the molecule is CCCCN(Cc1ccccc1Cl)C(=O)C1CCC(N)C1.Cl. The molecule has 5 heteroatoms. The van der Waals surface area contributed by atoms with E-state index in [2.05, 4.69) is 6.92 Å². The van der Waals surface area contributed by atoms with Crippen LogP contribution in [0.4, 0.5) is 0 Å². The molecule has 2 unspecified atom stereocenters. The van der Waals surface area contributed by atoms with Crippen molar-refractivity contribution in [3.63, 3.8) is 0 Å². The van der Waals surface area contributed by atoms with Gasteiger partial charge in [0, 0.05) is 30.1 Å². The van der Waals surface area contributed by atoms with Gasteiger partial charge in [-0.15, -0.1) is 12.4 Å². The Hall–Kier alpha value is -0.770. The highest BCUT2D eigenvalue weighted by Crippen LogP contribution is 2.27. The Balaban J connectivity index is 0.00000242. The molecule has 1 amide bonds. The standard InChI is InChI=1S/C17H25ClN2O.ClH/c1-2-3-10-20(12-14-6-4-5-7-16(14)18)17(21)13-8-9-15(19)11-13;/h4-7,13,15H,2-3,8-12,19H2,1H3;1H. The van der Waals surface area contributed by atoms with Gasteiger partial charge < -0.3 is 10.6 Å². The van der Waals surface area contributed by atoms with Crippen LogP contribution in [0.25, 0.3) is 0 Å². The van der Waals surface area contributed by atoms with Gasteiger partial charge in [-0.2, -0.15) is 0 Å². The van der Waals surface area contributed by atoms with E-state index in [-0.39, 0.29) is 30.3 Å². The summed E-state index contributed by atoms with van der Waals surface area (Å²) in [5.74, 6) is 0.343. The number of unbranched alkanes of at least 4 members (excludes halogenated alkanes) is 1. The first-order valence-corrected chi connectivity index (χ1v) is 8.27. The maximum atomic E-state index is 12.7. The second kappa shape index (κ2) is 9.39. The zero-order chi connectivity index (χ0) is 15.2. The smallest absolute Gasteiger partial charge is 0.226 e. The molecule has 0 aliphatic heterocycles. The molecule has 1 saturated carbocycles. The highest BCUT2D eigenvalue weighted by molar-refractivity contribution is 6.31. The van der Waals surface area contributed by atoms with Gasteiger partial charge in [0.1, 0.15) is 0 Å². The second-order valence-electron chi connectivity index (χ2n) is 5.97. The summed E-state index contributed by atoms with van der Waals surface area (Å²) in [6.07, 6.45) is 4.81. The summed E-state index contributed by atoms with van der Waals surface area (Å²) in [5, 5.41) is 0.731. The molecule has 124 valence electrons. The van der Waals surface area contributed by atoms with Crippen molar-refractivity contribution in [3.8, 4) is 0 Å². The van der Waals surface area contributed by atoms with Crippen LogP contribution in [0.3, 0.4) is 0 Å². The molecule has 2 N–H and O–H groups in total. The summed E-state index contributed by atoms with van der Waals surface area (Å²) in [6.45, 7) is 3.54. The number of benzene rings is 1. The fraction of sp³-hybridized carbons (Fsp3) is 0.588. The van der Waals surface area contributed by atoms with Gasteiger partial charge in [0.2, 0.25) is 5.91 Å². The molecule has 2 rings (SSSR count). The minimum atomic E-state index is 0. The van der Waals surface area contributed by atoms with Crippen molar-refractivity contribution in [1.29, 1.82) is 0 Å². The first-order valence-electron chi connectivity index (χ1n) is 7.89. The van der Waals surface area contributed by atoms with Crippen LogP contribution in [0.1, 0.15) is 44.6 Å². The Morgan fingerprint density at radius 1 is 1.36 bits per heavy atom. The lowest BCUT2D eigenvalue weighted by molar-refractivity contribution is -0.136. The molecule has 1 aromatic rings. The summed E-state index contributed by atoms with van der Waals surface area (Å²) < 4.78 is 0. The normalized spacial score (nSPS) is 20.5. The number of hydrogen-bond donors (Lipinski definition) is 1. The molecular weight excluding hydrogens is 319 g/mol. The third-order valence-electron chi connectivity index (χ3n) is 4.23. The first-order chi connectivity index (χ1) is 10.1. The Morgan fingerprint density at radius 3 is 2.68 bits per heavy atom. The average molecular weight is 345 g/mol. The van der Waals surface area contributed by atoms with Gasteiger partial charge in [-0.3, -0.25) is 4.79 Å². The minimum Gasteiger partial charge on any atom is -0.338 e. The van der Waals surface area contributed by atoms with Crippen LogP contribution in [0.15, 0.2) is 24.3 Å². The number of hydrogen-bond acceptors (Lipinski definition) is 2. The van der Waals surface area contributed by atoms with E-state index in [9.17, 15) is 4.79 Å². The summed E-state index contributed by atoms with van der Waals surface area (Å²) in [4.78, 5) is 14.7. The van der Waals surface area contributed by atoms with Gasteiger partial charge in [0.15, 0.2) is 0 Å². The van der Waals surface area contributed by atoms with Gasteiger partial charge in [-0.1, -0.05) is 43.1 Å². The van der Waals surface area contributed by atoms with Crippen LogP contribution >= 0.6 is 24.0 Å². The molecule has 2 atom stereocenters. The van der Waals surface area contributed by atoms with E-state index in [0.717, 1.165) is 49.2 Å². The minimum absolute atomic E-state index is 0. The number of nitrogens with two attached hydrogens (primary N) is 1. The quantitative estimate of drug-likeness (QED) is 0.846. The summed E-state index contributed by atoms with van der Waals surface area (Å²) >= 11 is 6.23. The molecule has 0 saturated heterocycles. The molecule has 0 aromatic heterocycles. The van der Waals surface area contributed by atoms with Crippen molar-refractivity contribution in [3.05, 3.63) is 34.9 Å². The summed E-state index contributed by atoms with van der Waals surface area (Å²) in [5.41, 5.74) is 6.97. The largest absolute Gasteiger partial charge is 0.338 e. The van der Waals surface area contributed by atoms with E-state index in [1.807, 2.05) is 29.2 Å². The van der Waals surface area contributed by atoms with Crippen LogP contribution in [0, 0.1) is 5.92 Å². The van der Waals surface area contributed by atoms with E-state index in [1.54, 1.807) is 0 Å². The summed E-state index contributed by atoms with van der Waals surface area (Å²) in [7, 11) is 0. The van der Waals surface area contributed by atoms with E-state index < -0.39 is 0 Å². The van der Waals surface area contributed by atoms with Crippen molar-refractivity contribution >= 4 is 29.9 Å². The van der Waals surface area contributed by atoms with E-state index in [4.69, 9.17) is 17.3 Å². The van der Waals surface area contributed by atoms with E-state index >= 15 is 0 Å². The fourth-order valence-corrected chi connectivity index (χ4v) is 3.14. The lowest BCUT2D eigenvalue weighted by Gasteiger charge is -2.26. The van der Waals surface area contributed by atoms with E-state index in [0.29, 0.717) is 6.54 Å². The van der Waals surface area contributed by atoms with Crippen molar-refractivity contribution in [2.24, 2.45) is 11.7 Å². The molecule has 1 aliphatic rings. The number of amides is 1. The number of carbonyl (C=O) groups is 1. The lowest BCUT2D eigenvalue weighted by Crippen LogP contribution is -2.36. The van der Waals surface area contributed by atoms with Crippen molar-refractivity contribution in [2.45, 2.75) is 51.6 Å². The Labute approximate surface area is 144 Å². The molecular formula is C17H26Cl2N2O. The van der Waals surface area contributed by atoms with Crippen LogP contribution < -0.4 is 5.73 Å². The molecule has 1 aromatic carbocycles. The maximum absolute atomic E-state index is 12.7. The molecule has 22 heavy (non-hydrogen) atoms. The molecule has 3 nitrogen and oxygen atoms in total. The van der Waals surface area contributed by atoms with Crippen LogP contribution in [0.5, 0.6) is 0 Å². The van der Waals surface area contributed by atoms with E-state index in [1.165, 1.54) is 0 Å². The molecule has 0 spiro atoms. The van der Waals surface area contributed by atoms with Crippen molar-refractivity contribution < 1.29 is 4.79 Å². The Kier molecular flexibility index (Phi) is 8.23. The predicted octanol–water partition coefficient (Wildman–Crippen LogP) is 4.02. The lowest BCUT2D eigenvalue weighted by atomic mass is 10.1. The maximum Gasteiger partial charge on any atom is 0.226 e. The predicted molar refractivity (Wildman–Crippen MR) is 94.3 cm³/mol. The Morgan fingerprint density at radius 2 is 2.09 bits per heavy atom. The molecule has 1 fully saturated rings. The zero-order valence-electron chi connectivity index (χ0n) is 13.1. The average Bonchev–Trinajstić information content (AvgIpc) is 2.91. The third kappa shape index (κ3) is 5.15. The number of carbonyl (C=O) groups excluding carboxylic acids is 1. The van der Waals surface area contributed by atoms with Crippen molar-refractivity contribution in [2.75, 3.05) is 6.54 Å². The highest BCUT2D eigenvalue weighted by atomic mass is 35.5. The van der Waals surface area contributed by atoms with Gasteiger partial charge in [-0.25, -0.2) is 0 Å². The fourth-order valence-electron chi connectivity index (χ4n) is 2.95. The molecule has 1 aliphatic carbocycles. The third-order valence-corrected chi connectivity index (χ3v) is 4.60. The van der Waals surface area contributed by atoms with Gasteiger partial charge in [0.05, 0.1) is 0 Å².